The molecule has 0 aliphatic rings. The maximum Gasteiger partial charge on any atom is 0.254 e. The summed E-state index contributed by atoms with van der Waals surface area (Å²) in [6.45, 7) is 4.64. The first kappa shape index (κ1) is 18.5. The van der Waals surface area contributed by atoms with Gasteiger partial charge in [-0.1, -0.05) is 29.8 Å². The highest BCUT2D eigenvalue weighted by atomic mass is 35.5. The predicted molar refractivity (Wildman–Crippen MR) is 90.6 cm³/mol. The molecular formula is C15H20Cl2N4O. The molecule has 0 radical (unpaired) electrons. The van der Waals surface area contributed by atoms with Crippen LogP contribution in [0.1, 0.15) is 29.8 Å². The lowest BCUT2D eigenvalue weighted by molar-refractivity contribution is 0.0946. The Morgan fingerprint density at radius 1 is 1.41 bits per heavy atom. The second-order valence-corrected chi connectivity index (χ2v) is 6.10. The van der Waals surface area contributed by atoms with E-state index >= 15 is 0 Å². The fourth-order valence-electron chi connectivity index (χ4n) is 1.78. The van der Waals surface area contributed by atoms with Gasteiger partial charge < -0.3 is 11.1 Å². The molecule has 0 atom stereocenters. The molecule has 0 aliphatic heterocycles. The number of benzene rings is 1. The highest BCUT2D eigenvalue weighted by Crippen LogP contribution is 2.16. The van der Waals surface area contributed by atoms with Crippen molar-refractivity contribution in [1.29, 1.82) is 0 Å². The minimum atomic E-state index is -0.441. The normalized spacial score (nSPS) is 10.9. The fourth-order valence-corrected chi connectivity index (χ4v) is 1.97. The number of nitrogens with zero attached hydrogens (tertiary/aromatic N) is 2. The predicted octanol–water partition coefficient (Wildman–Crippen LogP) is 2.47. The van der Waals surface area contributed by atoms with Gasteiger partial charge >= 0.3 is 0 Å². The van der Waals surface area contributed by atoms with Gasteiger partial charge in [0.05, 0.1) is 18.3 Å². The molecule has 120 valence electrons. The molecule has 7 heteroatoms. The van der Waals surface area contributed by atoms with Crippen LogP contribution in [0.2, 0.25) is 5.02 Å². The van der Waals surface area contributed by atoms with Gasteiger partial charge in [0.2, 0.25) is 0 Å². The van der Waals surface area contributed by atoms with Gasteiger partial charge in [-0.05, 0) is 25.5 Å². The van der Waals surface area contributed by atoms with E-state index in [1.165, 1.54) is 6.20 Å². The Bertz CT molecular complexity index is 634. The Kier molecular flexibility index (Phi) is 6.41. The van der Waals surface area contributed by atoms with E-state index in [0.717, 1.165) is 5.56 Å². The summed E-state index contributed by atoms with van der Waals surface area (Å²) in [6, 6.07) is 7.56. The van der Waals surface area contributed by atoms with Gasteiger partial charge in [0.15, 0.2) is 0 Å². The number of nitrogens with two attached hydrogens (primary N) is 1. The summed E-state index contributed by atoms with van der Waals surface area (Å²) in [4.78, 5) is 12.0. The van der Waals surface area contributed by atoms with Crippen molar-refractivity contribution in [3.8, 4) is 0 Å². The molecule has 0 aliphatic carbocycles. The van der Waals surface area contributed by atoms with Crippen LogP contribution >= 0.6 is 24.0 Å². The van der Waals surface area contributed by atoms with Crippen LogP contribution in [0.15, 0.2) is 36.7 Å². The zero-order valence-electron chi connectivity index (χ0n) is 12.5. The van der Waals surface area contributed by atoms with Gasteiger partial charge in [-0.2, -0.15) is 5.10 Å². The second kappa shape index (κ2) is 7.63. The number of hydrogen-bond acceptors (Lipinski definition) is 3. The summed E-state index contributed by atoms with van der Waals surface area (Å²) in [5.74, 6) is -0.182. The number of hydrogen-bond donors (Lipinski definition) is 2. The molecular weight excluding hydrogens is 323 g/mol. The molecule has 1 aromatic heterocycles. The van der Waals surface area contributed by atoms with Crippen LogP contribution in [0.25, 0.3) is 0 Å². The van der Waals surface area contributed by atoms with E-state index in [9.17, 15) is 4.79 Å². The maximum absolute atomic E-state index is 12.0. The third kappa shape index (κ3) is 5.33. The summed E-state index contributed by atoms with van der Waals surface area (Å²) in [6.07, 6.45) is 3.23. The lowest BCUT2D eigenvalue weighted by Gasteiger charge is -2.18. The summed E-state index contributed by atoms with van der Waals surface area (Å²) < 4.78 is 1.68. The molecule has 0 bridgehead atoms. The third-order valence-corrected chi connectivity index (χ3v) is 3.26. The molecule has 0 unspecified atom stereocenters. The summed E-state index contributed by atoms with van der Waals surface area (Å²) >= 11 is 6.11. The zero-order chi connectivity index (χ0) is 15.5. The first-order chi connectivity index (χ1) is 9.85. The Labute approximate surface area is 141 Å². The van der Waals surface area contributed by atoms with E-state index in [1.54, 1.807) is 10.9 Å². The molecule has 0 saturated carbocycles. The smallest absolute Gasteiger partial charge is 0.254 e. The Hall–Kier alpha value is -1.56. The van der Waals surface area contributed by atoms with Gasteiger partial charge in [0, 0.05) is 23.3 Å². The Balaban J connectivity index is 0.00000242. The molecule has 3 N–H and O–H groups in total. The standard InChI is InChI=1S/C15H19ClN4O.ClH/c1-15(2,17)10-18-14(21)12-7-19-20(9-12)8-11-5-3-4-6-13(11)16;/h3-7,9H,8,10,17H2,1-2H3,(H,18,21);1H. The van der Waals surface area contributed by atoms with E-state index in [4.69, 9.17) is 17.3 Å². The van der Waals surface area contributed by atoms with Crippen molar-refractivity contribution in [3.63, 3.8) is 0 Å². The first-order valence-electron chi connectivity index (χ1n) is 6.68. The number of halogens is 2. The Morgan fingerprint density at radius 3 is 2.73 bits per heavy atom. The molecule has 0 spiro atoms. The fraction of sp³-hybridized carbons (Fsp3) is 0.333. The van der Waals surface area contributed by atoms with Gasteiger partial charge in [-0.3, -0.25) is 9.48 Å². The average molecular weight is 343 g/mol. The SMILES string of the molecule is CC(C)(N)CNC(=O)c1cnn(Cc2ccccc2Cl)c1.Cl. The second-order valence-electron chi connectivity index (χ2n) is 5.69. The number of nitrogens with one attached hydrogen (secondary N) is 1. The molecule has 5 nitrogen and oxygen atoms in total. The van der Waals surface area contributed by atoms with Crippen LogP contribution in [0.4, 0.5) is 0 Å². The van der Waals surface area contributed by atoms with Gasteiger partial charge in [-0.15, -0.1) is 12.4 Å². The van der Waals surface area contributed by atoms with Crippen molar-refractivity contribution in [2.24, 2.45) is 5.73 Å². The summed E-state index contributed by atoms with van der Waals surface area (Å²) in [5, 5.41) is 7.65. The largest absolute Gasteiger partial charge is 0.350 e. The lowest BCUT2D eigenvalue weighted by Crippen LogP contribution is -2.45. The van der Waals surface area contributed by atoms with Crippen LogP contribution < -0.4 is 11.1 Å². The highest BCUT2D eigenvalue weighted by Gasteiger charge is 2.14. The number of aromatic nitrogens is 2. The first-order valence-corrected chi connectivity index (χ1v) is 7.06. The van der Waals surface area contributed by atoms with Gasteiger partial charge in [0.25, 0.3) is 5.91 Å². The minimum absolute atomic E-state index is 0. The van der Waals surface area contributed by atoms with Crippen molar-refractivity contribution in [1.82, 2.24) is 15.1 Å². The monoisotopic (exact) mass is 342 g/mol. The maximum atomic E-state index is 12.0. The molecule has 0 fully saturated rings. The van der Waals surface area contributed by atoms with Crippen molar-refractivity contribution in [2.75, 3.05) is 6.54 Å². The quantitative estimate of drug-likeness (QED) is 0.876. The van der Waals surface area contributed by atoms with Crippen molar-refractivity contribution in [2.45, 2.75) is 25.9 Å². The van der Waals surface area contributed by atoms with Crippen LogP contribution in [-0.2, 0) is 6.54 Å². The molecule has 1 amide bonds. The number of rotatable bonds is 5. The number of carbonyl (C=O) groups excluding carboxylic acids is 1. The van der Waals surface area contributed by atoms with Gasteiger partial charge in [-0.25, -0.2) is 0 Å². The van der Waals surface area contributed by atoms with Crippen LogP contribution in [0.3, 0.4) is 0 Å². The summed E-state index contributed by atoms with van der Waals surface area (Å²) in [7, 11) is 0. The van der Waals surface area contributed by atoms with E-state index in [1.807, 2.05) is 38.1 Å². The Morgan fingerprint density at radius 2 is 2.09 bits per heavy atom. The zero-order valence-corrected chi connectivity index (χ0v) is 14.1. The molecule has 2 aromatic rings. The van der Waals surface area contributed by atoms with Gasteiger partial charge in [0.1, 0.15) is 0 Å². The highest BCUT2D eigenvalue weighted by molar-refractivity contribution is 6.31. The van der Waals surface area contributed by atoms with E-state index in [0.29, 0.717) is 23.7 Å². The average Bonchev–Trinajstić information content (AvgIpc) is 2.86. The van der Waals surface area contributed by atoms with E-state index in [-0.39, 0.29) is 18.3 Å². The third-order valence-electron chi connectivity index (χ3n) is 2.89. The molecule has 0 saturated heterocycles. The van der Waals surface area contributed by atoms with E-state index < -0.39 is 5.54 Å². The van der Waals surface area contributed by atoms with E-state index in [2.05, 4.69) is 10.4 Å². The number of carbonyl (C=O) groups is 1. The van der Waals surface area contributed by atoms with Crippen molar-refractivity contribution < 1.29 is 4.79 Å². The number of amides is 1. The minimum Gasteiger partial charge on any atom is -0.350 e. The topological polar surface area (TPSA) is 72.9 Å². The molecule has 22 heavy (non-hydrogen) atoms. The van der Waals surface area contributed by atoms with Crippen LogP contribution in [0, 0.1) is 0 Å². The lowest BCUT2D eigenvalue weighted by atomic mass is 10.1. The summed E-state index contributed by atoms with van der Waals surface area (Å²) in [5.41, 5.74) is 6.86. The molecule has 1 heterocycles. The van der Waals surface area contributed by atoms with Crippen molar-refractivity contribution in [3.05, 3.63) is 52.8 Å². The van der Waals surface area contributed by atoms with Crippen LogP contribution in [0.5, 0.6) is 0 Å². The molecule has 2 rings (SSSR count). The van der Waals surface area contributed by atoms with Crippen LogP contribution in [-0.4, -0.2) is 27.8 Å². The van der Waals surface area contributed by atoms with Crippen molar-refractivity contribution >= 4 is 29.9 Å². The molecule has 1 aromatic carbocycles.